The quantitative estimate of drug-likeness (QED) is 0.220. The van der Waals surface area contributed by atoms with Crippen molar-refractivity contribution in [2.75, 3.05) is 7.05 Å². The van der Waals surface area contributed by atoms with Gasteiger partial charge in [-0.1, -0.05) is 0 Å². The molecule has 0 amide bonds. The molecule has 0 rings (SSSR count). The van der Waals surface area contributed by atoms with Gasteiger partial charge in [0.2, 0.25) is 0 Å². The summed E-state index contributed by atoms with van der Waals surface area (Å²) in [5, 5.41) is 3.09. The molecule has 0 aliphatic rings. The summed E-state index contributed by atoms with van der Waals surface area (Å²) in [7, 11) is 1.49. The van der Waals surface area contributed by atoms with E-state index in [0.29, 0.717) is 6.29 Å². The van der Waals surface area contributed by atoms with Crippen LogP contribution < -0.4 is 5.84 Å². The maximum atomic E-state index is 9.85. The van der Waals surface area contributed by atoms with E-state index in [1.54, 1.807) is 0 Å². The van der Waals surface area contributed by atoms with E-state index in [9.17, 15) is 4.79 Å². The van der Waals surface area contributed by atoms with Gasteiger partial charge in [-0.25, -0.2) is 0 Å². The van der Waals surface area contributed by atoms with Gasteiger partial charge in [-0.2, -0.15) is 5.10 Å². The molecule has 0 aliphatic heterocycles. The van der Waals surface area contributed by atoms with E-state index in [4.69, 9.17) is 5.84 Å². The highest BCUT2D eigenvalue weighted by Gasteiger charge is 1.84. The lowest BCUT2D eigenvalue weighted by Crippen LogP contribution is -2.02. The topological polar surface area (TPSA) is 67.8 Å². The van der Waals surface area contributed by atoms with Crippen LogP contribution >= 0.6 is 0 Å². The second-order valence-corrected chi connectivity index (χ2v) is 1.04. The number of rotatable bonds is 2. The molecule has 0 unspecified atom stereocenters. The zero-order valence-electron chi connectivity index (χ0n) is 4.53. The molecule has 4 nitrogen and oxygen atoms in total. The van der Waals surface area contributed by atoms with Crippen LogP contribution in [0.4, 0.5) is 0 Å². The zero-order valence-corrected chi connectivity index (χ0v) is 4.53. The molecule has 0 heterocycles. The van der Waals surface area contributed by atoms with Gasteiger partial charge in [-0.3, -0.25) is 9.79 Å². The number of hydrazone groups is 1. The zero-order chi connectivity index (χ0) is 6.41. The fourth-order valence-electron chi connectivity index (χ4n) is 0.217. The molecule has 0 saturated carbocycles. The van der Waals surface area contributed by atoms with Gasteiger partial charge in [-0.15, -0.1) is 0 Å². The molecule has 0 aromatic carbocycles. The predicted octanol–water partition coefficient (Wildman–Crippen LogP) is -0.799. The minimum atomic E-state index is 0.243. The molecular formula is C4H7N3O. The summed E-state index contributed by atoms with van der Waals surface area (Å²) in [5.74, 6) is 4.71. The fraction of sp³-hybridized carbons (Fsp3) is 0.250. The Balaban J connectivity index is 3.91. The SMILES string of the molecule is CN=C(C=O)/C=N\N. The Labute approximate surface area is 47.1 Å². The molecule has 0 fully saturated rings. The van der Waals surface area contributed by atoms with Gasteiger partial charge in [-0.05, 0) is 0 Å². The Hall–Kier alpha value is -1.19. The Morgan fingerprint density at radius 1 is 1.75 bits per heavy atom. The van der Waals surface area contributed by atoms with Crippen molar-refractivity contribution in [3.8, 4) is 0 Å². The van der Waals surface area contributed by atoms with E-state index < -0.39 is 0 Å². The van der Waals surface area contributed by atoms with Crippen molar-refractivity contribution in [2.45, 2.75) is 0 Å². The number of aliphatic imine (C=N–C) groups is 1. The second kappa shape index (κ2) is 3.98. The molecule has 2 N–H and O–H groups in total. The highest BCUT2D eigenvalue weighted by Crippen LogP contribution is 1.62. The van der Waals surface area contributed by atoms with Crippen molar-refractivity contribution in [1.29, 1.82) is 0 Å². The van der Waals surface area contributed by atoms with Crippen LogP contribution in [0.1, 0.15) is 0 Å². The summed E-state index contributed by atoms with van der Waals surface area (Å²) in [6, 6.07) is 0. The number of carbonyl (C=O) groups is 1. The van der Waals surface area contributed by atoms with Crippen LogP contribution in [0.15, 0.2) is 10.1 Å². The van der Waals surface area contributed by atoms with E-state index in [2.05, 4.69) is 10.1 Å². The minimum absolute atomic E-state index is 0.243. The summed E-state index contributed by atoms with van der Waals surface area (Å²) < 4.78 is 0. The van der Waals surface area contributed by atoms with E-state index in [-0.39, 0.29) is 5.71 Å². The molecule has 0 aromatic rings. The summed E-state index contributed by atoms with van der Waals surface area (Å²) in [6.45, 7) is 0. The first-order valence-electron chi connectivity index (χ1n) is 2.00. The number of nitrogens with zero attached hydrogens (tertiary/aromatic N) is 2. The van der Waals surface area contributed by atoms with Gasteiger partial charge in [0.25, 0.3) is 0 Å². The lowest BCUT2D eigenvalue weighted by atomic mass is 10.5. The van der Waals surface area contributed by atoms with E-state index in [0.717, 1.165) is 0 Å². The van der Waals surface area contributed by atoms with Crippen LogP contribution in [0.3, 0.4) is 0 Å². The molecule has 0 radical (unpaired) electrons. The fourth-order valence-corrected chi connectivity index (χ4v) is 0.217. The van der Waals surface area contributed by atoms with Crippen molar-refractivity contribution >= 4 is 18.2 Å². The van der Waals surface area contributed by atoms with Crippen molar-refractivity contribution in [3.63, 3.8) is 0 Å². The number of aldehydes is 1. The predicted molar refractivity (Wildman–Crippen MR) is 32.1 cm³/mol. The third kappa shape index (κ3) is 2.07. The summed E-state index contributed by atoms with van der Waals surface area (Å²) in [4.78, 5) is 13.4. The van der Waals surface area contributed by atoms with Crippen LogP contribution in [0, 0.1) is 0 Å². The first-order valence-corrected chi connectivity index (χ1v) is 2.00. The lowest BCUT2D eigenvalue weighted by Gasteiger charge is -1.79. The Morgan fingerprint density at radius 2 is 2.38 bits per heavy atom. The van der Waals surface area contributed by atoms with Crippen LogP contribution in [-0.4, -0.2) is 25.3 Å². The maximum Gasteiger partial charge on any atom is 0.169 e. The largest absolute Gasteiger partial charge is 0.323 e. The number of hydrogen-bond donors (Lipinski definition) is 1. The highest BCUT2D eigenvalue weighted by atomic mass is 16.1. The van der Waals surface area contributed by atoms with Crippen molar-refractivity contribution in [1.82, 2.24) is 0 Å². The minimum Gasteiger partial charge on any atom is -0.323 e. The molecule has 44 valence electrons. The third-order valence-corrected chi connectivity index (χ3v) is 0.586. The smallest absolute Gasteiger partial charge is 0.169 e. The lowest BCUT2D eigenvalue weighted by molar-refractivity contribution is -0.102. The molecule has 0 saturated heterocycles. The maximum absolute atomic E-state index is 9.85. The highest BCUT2D eigenvalue weighted by molar-refractivity contribution is 6.54. The van der Waals surface area contributed by atoms with Gasteiger partial charge in [0, 0.05) is 7.05 Å². The van der Waals surface area contributed by atoms with Crippen molar-refractivity contribution in [3.05, 3.63) is 0 Å². The van der Waals surface area contributed by atoms with Gasteiger partial charge >= 0.3 is 0 Å². The number of hydrogen-bond acceptors (Lipinski definition) is 4. The van der Waals surface area contributed by atoms with E-state index in [1.165, 1.54) is 13.3 Å². The average molecular weight is 113 g/mol. The Morgan fingerprint density at radius 3 is 2.50 bits per heavy atom. The third-order valence-electron chi connectivity index (χ3n) is 0.586. The van der Waals surface area contributed by atoms with Crippen molar-refractivity contribution < 1.29 is 4.79 Å². The Kier molecular flexibility index (Phi) is 3.39. The van der Waals surface area contributed by atoms with Crippen LogP contribution in [0.2, 0.25) is 0 Å². The van der Waals surface area contributed by atoms with Crippen LogP contribution in [-0.2, 0) is 4.79 Å². The molecule has 4 heteroatoms. The number of carbonyl (C=O) groups excluding carboxylic acids is 1. The summed E-state index contributed by atoms with van der Waals surface area (Å²) in [5.41, 5.74) is 0.243. The molecule has 8 heavy (non-hydrogen) atoms. The second-order valence-electron chi connectivity index (χ2n) is 1.04. The number of nitrogens with two attached hydrogens (primary N) is 1. The molecule has 0 aromatic heterocycles. The van der Waals surface area contributed by atoms with Gasteiger partial charge in [0.15, 0.2) is 6.29 Å². The monoisotopic (exact) mass is 113 g/mol. The van der Waals surface area contributed by atoms with Gasteiger partial charge in [0.05, 0.1) is 6.21 Å². The molecule has 0 aliphatic carbocycles. The van der Waals surface area contributed by atoms with Crippen LogP contribution in [0.5, 0.6) is 0 Å². The van der Waals surface area contributed by atoms with E-state index in [1.807, 2.05) is 0 Å². The van der Waals surface area contributed by atoms with Crippen molar-refractivity contribution in [2.24, 2.45) is 15.9 Å². The summed E-state index contributed by atoms with van der Waals surface area (Å²) >= 11 is 0. The standard InChI is InChI=1S/C4H7N3O/c1-6-4(3-8)2-7-5/h2-3H,5H2,1H3/b6-4?,7-2-. The van der Waals surface area contributed by atoms with E-state index >= 15 is 0 Å². The van der Waals surface area contributed by atoms with Gasteiger partial charge < -0.3 is 5.84 Å². The van der Waals surface area contributed by atoms with Crippen LogP contribution in [0.25, 0.3) is 0 Å². The summed E-state index contributed by atoms with van der Waals surface area (Å²) in [6.07, 6.45) is 1.77. The molecule has 0 atom stereocenters. The normalized spacial score (nSPS) is 12.4. The molecule has 0 bridgehead atoms. The Bertz CT molecular complexity index is 127. The molecule has 0 spiro atoms. The first-order chi connectivity index (χ1) is 3.85. The first kappa shape index (κ1) is 6.81. The molecular weight excluding hydrogens is 106 g/mol. The average Bonchev–Trinajstić information content (AvgIpc) is 1.83. The van der Waals surface area contributed by atoms with Gasteiger partial charge in [0.1, 0.15) is 5.71 Å².